The topological polar surface area (TPSA) is 105 Å². The van der Waals surface area contributed by atoms with Crippen LogP contribution in [0, 0.1) is 0 Å². The molecule has 1 heterocycles. The summed E-state index contributed by atoms with van der Waals surface area (Å²) < 4.78 is 5.70. The van der Waals surface area contributed by atoms with E-state index in [0.717, 1.165) is 6.42 Å². The average Bonchev–Trinajstić information content (AvgIpc) is 2.79. The first-order valence-corrected chi connectivity index (χ1v) is 9.49. The fraction of sp³-hybridized carbons (Fsp3) is 0.0952. The van der Waals surface area contributed by atoms with E-state index in [2.05, 4.69) is 26.4 Å². The van der Waals surface area contributed by atoms with Crippen molar-refractivity contribution in [1.82, 2.24) is 26.4 Å². The lowest BCUT2D eigenvalue weighted by molar-refractivity contribution is 0.0929. The first kappa shape index (κ1) is 20.9. The van der Waals surface area contributed by atoms with Gasteiger partial charge in [-0.1, -0.05) is 30.3 Å². The molecule has 0 saturated carbocycles. The van der Waals surface area contributed by atoms with Crippen LogP contribution in [0.4, 0.5) is 0 Å². The van der Waals surface area contributed by atoms with Crippen molar-refractivity contribution in [3.05, 3.63) is 89.7 Å². The molecule has 3 N–H and O–H groups in total. The lowest BCUT2D eigenvalue weighted by Gasteiger charge is -2.11. The van der Waals surface area contributed by atoms with Crippen LogP contribution < -0.4 is 20.9 Å². The van der Waals surface area contributed by atoms with Crippen molar-refractivity contribution in [1.29, 1.82) is 0 Å². The number of ether oxygens (including phenoxy) is 1. The van der Waals surface area contributed by atoms with Crippen molar-refractivity contribution in [2.75, 3.05) is 6.61 Å². The normalized spacial score (nSPS) is 10.0. The van der Waals surface area contributed by atoms with E-state index in [4.69, 9.17) is 17.0 Å². The average molecular weight is 421 g/mol. The van der Waals surface area contributed by atoms with Gasteiger partial charge in [0.25, 0.3) is 11.8 Å². The van der Waals surface area contributed by atoms with Gasteiger partial charge in [0, 0.05) is 18.2 Å². The van der Waals surface area contributed by atoms with E-state index < -0.39 is 11.8 Å². The van der Waals surface area contributed by atoms with Crippen LogP contribution in [0.15, 0.2) is 72.9 Å². The van der Waals surface area contributed by atoms with Crippen LogP contribution >= 0.6 is 12.2 Å². The van der Waals surface area contributed by atoms with E-state index in [1.165, 1.54) is 17.8 Å². The molecule has 0 spiro atoms. The summed E-state index contributed by atoms with van der Waals surface area (Å²) in [5.74, 6) is -0.284. The zero-order valence-electron chi connectivity index (χ0n) is 15.9. The standard InChI is InChI=1S/C21H19N5O3S/c27-19(23-21(30)26-25-20(28)18-7-4-13-22-24-18)16-8-10-17(11-9-16)29-14-12-15-5-2-1-3-6-15/h1-11,13H,12,14H2,(H,25,28)(H2,23,26,27,30). The van der Waals surface area contributed by atoms with Crippen molar-refractivity contribution >= 4 is 29.1 Å². The van der Waals surface area contributed by atoms with Crippen LogP contribution in [0.1, 0.15) is 26.4 Å². The summed E-state index contributed by atoms with van der Waals surface area (Å²) >= 11 is 5.01. The van der Waals surface area contributed by atoms with Crippen LogP contribution in [-0.2, 0) is 6.42 Å². The van der Waals surface area contributed by atoms with Gasteiger partial charge < -0.3 is 4.74 Å². The Morgan fingerprint density at radius 3 is 2.37 bits per heavy atom. The summed E-state index contributed by atoms with van der Waals surface area (Å²) in [6, 6.07) is 19.8. The molecule has 0 saturated heterocycles. The van der Waals surface area contributed by atoms with E-state index >= 15 is 0 Å². The zero-order valence-corrected chi connectivity index (χ0v) is 16.7. The molecule has 0 unspecified atom stereocenters. The van der Waals surface area contributed by atoms with Crippen molar-refractivity contribution < 1.29 is 14.3 Å². The Hall–Kier alpha value is -3.85. The molecule has 9 heteroatoms. The third kappa shape index (κ3) is 6.35. The SMILES string of the molecule is O=C(NC(=S)NNC(=O)c1cccnn1)c1ccc(OCCc2ccccc2)cc1. The quantitative estimate of drug-likeness (QED) is 0.413. The Morgan fingerprint density at radius 2 is 1.67 bits per heavy atom. The monoisotopic (exact) mass is 421 g/mol. The molecule has 0 radical (unpaired) electrons. The summed E-state index contributed by atoms with van der Waals surface area (Å²) in [7, 11) is 0. The van der Waals surface area contributed by atoms with Crippen LogP contribution in [0.2, 0.25) is 0 Å². The number of nitrogens with one attached hydrogen (secondary N) is 3. The van der Waals surface area contributed by atoms with Crippen LogP contribution in [0.5, 0.6) is 5.75 Å². The summed E-state index contributed by atoms with van der Waals surface area (Å²) in [5, 5.41) is 9.70. The van der Waals surface area contributed by atoms with Gasteiger partial charge in [0.15, 0.2) is 10.8 Å². The number of benzene rings is 2. The molecular formula is C21H19N5O3S. The molecule has 0 fully saturated rings. The second-order valence-electron chi connectivity index (χ2n) is 6.08. The number of carbonyl (C=O) groups is 2. The second kappa shape index (κ2) is 10.6. The highest BCUT2D eigenvalue weighted by atomic mass is 32.1. The Balaban J connectivity index is 1.42. The predicted molar refractivity (Wildman–Crippen MR) is 115 cm³/mol. The summed E-state index contributed by atoms with van der Waals surface area (Å²) in [6.45, 7) is 0.537. The van der Waals surface area contributed by atoms with Crippen molar-refractivity contribution in [3.63, 3.8) is 0 Å². The largest absolute Gasteiger partial charge is 0.493 e. The number of thiocarbonyl (C=S) groups is 1. The number of aromatic nitrogens is 2. The Bertz CT molecular complexity index is 998. The summed E-state index contributed by atoms with van der Waals surface area (Å²) in [4.78, 5) is 24.1. The first-order valence-electron chi connectivity index (χ1n) is 9.08. The van der Waals surface area contributed by atoms with E-state index in [1.807, 2.05) is 30.3 Å². The number of hydrogen-bond donors (Lipinski definition) is 3. The van der Waals surface area contributed by atoms with Gasteiger partial charge in [-0.05, 0) is 54.2 Å². The Labute approximate surface area is 178 Å². The second-order valence-corrected chi connectivity index (χ2v) is 6.49. The van der Waals surface area contributed by atoms with Crippen LogP contribution in [0.3, 0.4) is 0 Å². The highest BCUT2D eigenvalue weighted by Crippen LogP contribution is 2.13. The third-order valence-corrected chi connectivity index (χ3v) is 4.14. The maximum absolute atomic E-state index is 12.3. The molecule has 3 rings (SSSR count). The van der Waals surface area contributed by atoms with Crippen molar-refractivity contribution in [2.24, 2.45) is 0 Å². The lowest BCUT2D eigenvalue weighted by atomic mass is 10.2. The molecule has 1 aromatic heterocycles. The van der Waals surface area contributed by atoms with Gasteiger partial charge in [-0.15, -0.1) is 5.10 Å². The van der Waals surface area contributed by atoms with E-state index in [0.29, 0.717) is 17.9 Å². The van der Waals surface area contributed by atoms with Crippen molar-refractivity contribution in [2.45, 2.75) is 6.42 Å². The Morgan fingerprint density at radius 1 is 0.900 bits per heavy atom. The van der Waals surface area contributed by atoms with E-state index in [-0.39, 0.29) is 10.8 Å². The molecule has 0 aliphatic heterocycles. The molecule has 30 heavy (non-hydrogen) atoms. The molecule has 0 aliphatic carbocycles. The highest BCUT2D eigenvalue weighted by Gasteiger charge is 2.10. The number of hydrazine groups is 1. The minimum atomic E-state index is -0.531. The molecule has 8 nitrogen and oxygen atoms in total. The molecule has 3 aromatic rings. The van der Waals surface area contributed by atoms with Crippen LogP contribution in [-0.4, -0.2) is 33.7 Å². The molecule has 0 aliphatic rings. The van der Waals surface area contributed by atoms with E-state index in [9.17, 15) is 9.59 Å². The minimum Gasteiger partial charge on any atom is -0.493 e. The van der Waals surface area contributed by atoms with Crippen molar-refractivity contribution in [3.8, 4) is 5.75 Å². The number of carbonyl (C=O) groups excluding carboxylic acids is 2. The number of nitrogens with zero attached hydrogens (tertiary/aromatic N) is 2. The summed E-state index contributed by atoms with van der Waals surface area (Å²) in [5.41, 5.74) is 6.48. The van der Waals surface area contributed by atoms with Crippen LogP contribution in [0.25, 0.3) is 0 Å². The Kier molecular flexibility index (Phi) is 7.39. The molecule has 0 bridgehead atoms. The fourth-order valence-corrected chi connectivity index (χ4v) is 2.58. The summed E-state index contributed by atoms with van der Waals surface area (Å²) in [6.07, 6.45) is 2.25. The third-order valence-electron chi connectivity index (χ3n) is 3.94. The highest BCUT2D eigenvalue weighted by molar-refractivity contribution is 7.80. The number of hydrogen-bond acceptors (Lipinski definition) is 6. The molecule has 0 atom stereocenters. The van der Waals surface area contributed by atoms with Gasteiger partial charge in [-0.2, -0.15) is 5.10 Å². The maximum Gasteiger partial charge on any atom is 0.290 e. The molecule has 2 amide bonds. The number of rotatable bonds is 6. The van der Waals surface area contributed by atoms with Gasteiger partial charge in [-0.25, -0.2) is 0 Å². The maximum atomic E-state index is 12.3. The smallest absolute Gasteiger partial charge is 0.290 e. The van der Waals surface area contributed by atoms with E-state index in [1.54, 1.807) is 30.3 Å². The number of amides is 2. The fourth-order valence-electron chi connectivity index (χ4n) is 2.44. The minimum absolute atomic E-state index is 0.0552. The van der Waals surface area contributed by atoms with Gasteiger partial charge >= 0.3 is 0 Å². The molecular weight excluding hydrogens is 402 g/mol. The zero-order chi connectivity index (χ0) is 21.2. The first-order chi connectivity index (χ1) is 14.6. The van der Waals surface area contributed by atoms with Gasteiger partial charge in [0.1, 0.15) is 5.75 Å². The lowest BCUT2D eigenvalue weighted by Crippen LogP contribution is -2.48. The van der Waals surface area contributed by atoms with Gasteiger partial charge in [0.05, 0.1) is 6.61 Å². The van der Waals surface area contributed by atoms with Gasteiger partial charge in [0.2, 0.25) is 0 Å². The molecule has 2 aromatic carbocycles. The predicted octanol–water partition coefficient (Wildman–Crippen LogP) is 2.05. The molecule has 152 valence electrons. The van der Waals surface area contributed by atoms with Gasteiger partial charge in [-0.3, -0.25) is 25.8 Å².